The Kier molecular flexibility index (Phi) is 6.49. The first kappa shape index (κ1) is 15.8. The Hall–Kier alpha value is -1.60. The molecule has 2 aromatic rings. The molecule has 0 saturated heterocycles. The lowest BCUT2D eigenvalue weighted by Crippen LogP contribution is -2.14. The summed E-state index contributed by atoms with van der Waals surface area (Å²) in [7, 11) is 2.03. The van der Waals surface area contributed by atoms with Crippen molar-refractivity contribution < 1.29 is 0 Å². The highest BCUT2D eigenvalue weighted by Gasteiger charge is 2.12. The van der Waals surface area contributed by atoms with Gasteiger partial charge < -0.3 is 5.32 Å². The minimum atomic E-state index is 0.593. The van der Waals surface area contributed by atoms with Crippen LogP contribution >= 0.6 is 0 Å². The van der Waals surface area contributed by atoms with Crippen LogP contribution in [-0.2, 0) is 12.8 Å². The molecule has 1 atom stereocenters. The number of benzene rings is 2. The van der Waals surface area contributed by atoms with Crippen molar-refractivity contribution in [1.82, 2.24) is 5.32 Å². The van der Waals surface area contributed by atoms with Crippen molar-refractivity contribution in [3.63, 3.8) is 0 Å². The smallest absolute Gasteiger partial charge is 0.00460 e. The minimum Gasteiger partial charge on any atom is -0.320 e. The molecule has 0 aliphatic carbocycles. The molecule has 0 fully saturated rings. The van der Waals surface area contributed by atoms with E-state index in [0.29, 0.717) is 5.92 Å². The highest BCUT2D eigenvalue weighted by Crippen LogP contribution is 2.24. The average molecular weight is 281 g/mol. The SMILES string of the molecule is CCCc1cccc(CC(CCNC)c2ccccc2)c1. The fourth-order valence-electron chi connectivity index (χ4n) is 2.92. The van der Waals surface area contributed by atoms with E-state index in [4.69, 9.17) is 0 Å². The zero-order valence-electron chi connectivity index (χ0n) is 13.3. The zero-order chi connectivity index (χ0) is 14.9. The fourth-order valence-corrected chi connectivity index (χ4v) is 2.92. The van der Waals surface area contributed by atoms with Crippen molar-refractivity contribution in [2.75, 3.05) is 13.6 Å². The van der Waals surface area contributed by atoms with Crippen molar-refractivity contribution in [3.05, 3.63) is 71.3 Å². The summed E-state index contributed by atoms with van der Waals surface area (Å²) in [5.41, 5.74) is 4.38. The molecule has 0 radical (unpaired) electrons. The summed E-state index contributed by atoms with van der Waals surface area (Å²) in [4.78, 5) is 0. The van der Waals surface area contributed by atoms with Gasteiger partial charge in [-0.15, -0.1) is 0 Å². The van der Waals surface area contributed by atoms with Crippen LogP contribution in [0.5, 0.6) is 0 Å². The highest BCUT2D eigenvalue weighted by atomic mass is 14.8. The Bertz CT molecular complexity index is 518. The first-order valence-corrected chi connectivity index (χ1v) is 8.10. The second kappa shape index (κ2) is 8.63. The van der Waals surface area contributed by atoms with Gasteiger partial charge in [-0.3, -0.25) is 0 Å². The molecule has 1 nitrogen and oxygen atoms in total. The average Bonchev–Trinajstić information content (AvgIpc) is 2.53. The minimum absolute atomic E-state index is 0.593. The second-order valence-electron chi connectivity index (χ2n) is 5.77. The molecule has 0 spiro atoms. The molecule has 0 amide bonds. The van der Waals surface area contributed by atoms with E-state index in [1.54, 1.807) is 0 Å². The number of rotatable bonds is 8. The number of hydrogen-bond donors (Lipinski definition) is 1. The van der Waals surface area contributed by atoms with Crippen LogP contribution in [0.3, 0.4) is 0 Å². The summed E-state index contributed by atoms with van der Waals surface area (Å²) in [6, 6.07) is 20.0. The molecule has 112 valence electrons. The van der Waals surface area contributed by atoms with Gasteiger partial charge in [0.2, 0.25) is 0 Å². The standard InChI is InChI=1S/C20H27N/c1-3-8-17-9-7-10-18(15-17)16-20(13-14-21-2)19-11-5-4-6-12-19/h4-7,9-12,15,20-21H,3,8,13-14,16H2,1-2H3. The van der Waals surface area contributed by atoms with Crippen molar-refractivity contribution >= 4 is 0 Å². The van der Waals surface area contributed by atoms with Crippen LogP contribution in [0.2, 0.25) is 0 Å². The number of hydrogen-bond acceptors (Lipinski definition) is 1. The van der Waals surface area contributed by atoms with Gasteiger partial charge in [0.25, 0.3) is 0 Å². The molecule has 1 N–H and O–H groups in total. The zero-order valence-corrected chi connectivity index (χ0v) is 13.3. The summed E-state index contributed by atoms with van der Waals surface area (Å²) in [5.74, 6) is 0.593. The summed E-state index contributed by atoms with van der Waals surface area (Å²) >= 11 is 0. The van der Waals surface area contributed by atoms with Gasteiger partial charge in [-0.25, -0.2) is 0 Å². The van der Waals surface area contributed by atoms with Crippen LogP contribution in [-0.4, -0.2) is 13.6 Å². The molecular formula is C20H27N. The first-order chi connectivity index (χ1) is 10.3. The van der Waals surface area contributed by atoms with E-state index in [-0.39, 0.29) is 0 Å². The van der Waals surface area contributed by atoms with Crippen LogP contribution < -0.4 is 5.32 Å². The van der Waals surface area contributed by atoms with E-state index in [2.05, 4.69) is 66.8 Å². The molecule has 2 aromatic carbocycles. The third-order valence-electron chi connectivity index (χ3n) is 4.03. The quantitative estimate of drug-likeness (QED) is 0.747. The molecule has 0 saturated carbocycles. The number of aryl methyl sites for hydroxylation is 1. The predicted molar refractivity (Wildman–Crippen MR) is 91.9 cm³/mol. The monoisotopic (exact) mass is 281 g/mol. The Morgan fingerprint density at radius 2 is 1.71 bits per heavy atom. The molecule has 1 heteroatoms. The van der Waals surface area contributed by atoms with Crippen LogP contribution in [0.1, 0.15) is 42.4 Å². The van der Waals surface area contributed by atoms with Gasteiger partial charge >= 0.3 is 0 Å². The second-order valence-corrected chi connectivity index (χ2v) is 5.77. The van der Waals surface area contributed by atoms with Gasteiger partial charge in [0.05, 0.1) is 0 Å². The lowest BCUT2D eigenvalue weighted by Gasteiger charge is -2.18. The normalized spacial score (nSPS) is 12.3. The van der Waals surface area contributed by atoms with Crippen LogP contribution in [0.4, 0.5) is 0 Å². The summed E-state index contributed by atoms with van der Waals surface area (Å²) in [6.07, 6.45) is 4.70. The van der Waals surface area contributed by atoms with E-state index in [0.717, 1.165) is 13.0 Å². The maximum absolute atomic E-state index is 3.29. The van der Waals surface area contributed by atoms with Crippen LogP contribution in [0.15, 0.2) is 54.6 Å². The van der Waals surface area contributed by atoms with Gasteiger partial charge in [-0.1, -0.05) is 67.9 Å². The van der Waals surface area contributed by atoms with E-state index in [1.165, 1.54) is 36.0 Å². The molecule has 0 aliphatic heterocycles. The van der Waals surface area contributed by atoms with Gasteiger partial charge in [0.1, 0.15) is 0 Å². The van der Waals surface area contributed by atoms with Crippen LogP contribution in [0, 0.1) is 0 Å². The summed E-state index contributed by atoms with van der Waals surface area (Å²) < 4.78 is 0. The molecule has 21 heavy (non-hydrogen) atoms. The molecule has 0 heterocycles. The van der Waals surface area contributed by atoms with Crippen molar-refractivity contribution in [3.8, 4) is 0 Å². The van der Waals surface area contributed by atoms with Gasteiger partial charge in [-0.05, 0) is 55.5 Å². The van der Waals surface area contributed by atoms with Gasteiger partial charge in [0.15, 0.2) is 0 Å². The fraction of sp³-hybridized carbons (Fsp3) is 0.400. The summed E-state index contributed by atoms with van der Waals surface area (Å²) in [6.45, 7) is 3.31. The Balaban J connectivity index is 2.12. The molecule has 1 unspecified atom stereocenters. The molecular weight excluding hydrogens is 254 g/mol. The molecule has 0 aliphatic rings. The molecule has 0 aromatic heterocycles. The third kappa shape index (κ3) is 5.02. The number of nitrogens with one attached hydrogen (secondary N) is 1. The molecule has 2 rings (SSSR count). The Morgan fingerprint density at radius 1 is 0.952 bits per heavy atom. The lowest BCUT2D eigenvalue weighted by molar-refractivity contribution is 0.593. The Morgan fingerprint density at radius 3 is 2.43 bits per heavy atom. The van der Waals surface area contributed by atoms with E-state index >= 15 is 0 Å². The van der Waals surface area contributed by atoms with Crippen molar-refractivity contribution in [2.45, 2.75) is 38.5 Å². The van der Waals surface area contributed by atoms with E-state index in [1.807, 2.05) is 7.05 Å². The third-order valence-corrected chi connectivity index (χ3v) is 4.03. The lowest BCUT2D eigenvalue weighted by atomic mass is 9.88. The van der Waals surface area contributed by atoms with Gasteiger partial charge in [-0.2, -0.15) is 0 Å². The molecule has 0 bridgehead atoms. The van der Waals surface area contributed by atoms with Crippen molar-refractivity contribution in [2.24, 2.45) is 0 Å². The topological polar surface area (TPSA) is 12.0 Å². The van der Waals surface area contributed by atoms with E-state index < -0.39 is 0 Å². The summed E-state index contributed by atoms with van der Waals surface area (Å²) in [5, 5.41) is 3.29. The largest absolute Gasteiger partial charge is 0.320 e. The maximum atomic E-state index is 3.29. The maximum Gasteiger partial charge on any atom is -0.00460 e. The highest BCUT2D eigenvalue weighted by molar-refractivity contribution is 5.27. The predicted octanol–water partition coefficient (Wildman–Crippen LogP) is 4.57. The first-order valence-electron chi connectivity index (χ1n) is 8.10. The van der Waals surface area contributed by atoms with Crippen molar-refractivity contribution in [1.29, 1.82) is 0 Å². The Labute approximate surface area is 129 Å². The van der Waals surface area contributed by atoms with Crippen LogP contribution in [0.25, 0.3) is 0 Å². The van der Waals surface area contributed by atoms with E-state index in [9.17, 15) is 0 Å². The van der Waals surface area contributed by atoms with Gasteiger partial charge in [0, 0.05) is 0 Å².